The van der Waals surface area contributed by atoms with Gasteiger partial charge in [0.2, 0.25) is 0 Å². The van der Waals surface area contributed by atoms with Gasteiger partial charge in [0.1, 0.15) is 5.69 Å². The van der Waals surface area contributed by atoms with Crippen LogP contribution in [0, 0.1) is 0 Å². The van der Waals surface area contributed by atoms with Crippen LogP contribution in [0.3, 0.4) is 0 Å². The molecule has 1 fully saturated rings. The molecule has 1 amide bonds. The second-order valence-corrected chi connectivity index (χ2v) is 9.60. The molecule has 136 valence electrons. The maximum Gasteiger partial charge on any atom is 0.273 e. The van der Waals surface area contributed by atoms with Crippen LogP contribution in [0.15, 0.2) is 17.8 Å². The molecule has 1 saturated heterocycles. The smallest absolute Gasteiger partial charge is 0.273 e. The van der Waals surface area contributed by atoms with Crippen LogP contribution in [0.4, 0.5) is 0 Å². The van der Waals surface area contributed by atoms with Crippen molar-refractivity contribution in [3.8, 4) is 0 Å². The van der Waals surface area contributed by atoms with Gasteiger partial charge in [-0.2, -0.15) is 5.10 Å². The lowest BCUT2D eigenvalue weighted by Gasteiger charge is -2.34. The molecule has 2 aromatic rings. The summed E-state index contributed by atoms with van der Waals surface area (Å²) in [5.41, 5.74) is 1.14. The van der Waals surface area contributed by atoms with Gasteiger partial charge in [-0.1, -0.05) is 13.8 Å². The highest BCUT2D eigenvalue weighted by atomic mass is 32.2. The van der Waals surface area contributed by atoms with Crippen LogP contribution in [0.25, 0.3) is 0 Å². The molecule has 0 N–H and O–H groups in total. The summed E-state index contributed by atoms with van der Waals surface area (Å²) in [5.74, 6) is -0.0487. The molecule has 1 aliphatic rings. The van der Waals surface area contributed by atoms with E-state index in [2.05, 4.69) is 10.1 Å². The van der Waals surface area contributed by atoms with Gasteiger partial charge in [-0.3, -0.25) is 9.48 Å². The SMILES string of the molecule is CCn1cc([C@@H]2CS(=O)(=O)CCN2C(=O)c2csc(C(C)C)n2)cn1. The van der Waals surface area contributed by atoms with Gasteiger partial charge in [0.05, 0.1) is 28.8 Å². The molecule has 3 heterocycles. The number of aromatic nitrogens is 3. The van der Waals surface area contributed by atoms with Gasteiger partial charge in [0.15, 0.2) is 9.84 Å². The summed E-state index contributed by atoms with van der Waals surface area (Å²) >= 11 is 1.46. The van der Waals surface area contributed by atoms with Gasteiger partial charge in [0.25, 0.3) is 5.91 Å². The van der Waals surface area contributed by atoms with E-state index < -0.39 is 15.9 Å². The van der Waals surface area contributed by atoms with Crippen LogP contribution >= 0.6 is 11.3 Å². The average molecular weight is 383 g/mol. The Kier molecular flexibility index (Phi) is 4.97. The lowest BCUT2D eigenvalue weighted by molar-refractivity contribution is 0.0692. The van der Waals surface area contributed by atoms with Crippen molar-refractivity contribution in [2.75, 3.05) is 18.1 Å². The fourth-order valence-electron chi connectivity index (χ4n) is 2.85. The molecule has 0 aromatic carbocycles. The largest absolute Gasteiger partial charge is 0.328 e. The van der Waals surface area contributed by atoms with E-state index in [4.69, 9.17) is 0 Å². The highest BCUT2D eigenvalue weighted by molar-refractivity contribution is 7.91. The fraction of sp³-hybridized carbons (Fsp3) is 0.562. The maximum atomic E-state index is 13.0. The minimum atomic E-state index is -3.18. The van der Waals surface area contributed by atoms with E-state index in [-0.39, 0.29) is 29.9 Å². The number of aryl methyl sites for hydroxylation is 1. The summed E-state index contributed by atoms with van der Waals surface area (Å²) in [5, 5.41) is 6.88. The summed E-state index contributed by atoms with van der Waals surface area (Å²) in [6.45, 7) is 6.89. The van der Waals surface area contributed by atoms with Gasteiger partial charge in [0, 0.05) is 36.1 Å². The summed E-state index contributed by atoms with van der Waals surface area (Å²) in [7, 11) is -3.18. The van der Waals surface area contributed by atoms with Crippen molar-refractivity contribution in [3.05, 3.63) is 34.0 Å². The molecule has 9 heteroatoms. The molecule has 0 spiro atoms. The summed E-state index contributed by atoms with van der Waals surface area (Å²) in [6, 6.07) is -0.518. The van der Waals surface area contributed by atoms with Gasteiger partial charge < -0.3 is 4.90 Å². The van der Waals surface area contributed by atoms with E-state index in [1.165, 1.54) is 11.3 Å². The fourth-order valence-corrected chi connectivity index (χ4v) is 5.15. The Bertz CT molecular complexity index is 870. The summed E-state index contributed by atoms with van der Waals surface area (Å²) in [6.07, 6.45) is 3.46. The Morgan fingerprint density at radius 2 is 2.20 bits per heavy atom. The van der Waals surface area contributed by atoms with Crippen molar-refractivity contribution in [3.63, 3.8) is 0 Å². The molecule has 0 bridgehead atoms. The number of nitrogens with zero attached hydrogens (tertiary/aromatic N) is 4. The van der Waals surface area contributed by atoms with E-state index in [1.807, 2.05) is 27.0 Å². The monoisotopic (exact) mass is 382 g/mol. The van der Waals surface area contributed by atoms with Gasteiger partial charge >= 0.3 is 0 Å². The number of sulfone groups is 1. The highest BCUT2D eigenvalue weighted by Gasteiger charge is 2.37. The Labute approximate surface area is 151 Å². The van der Waals surface area contributed by atoms with Crippen molar-refractivity contribution in [1.29, 1.82) is 0 Å². The predicted molar refractivity (Wildman–Crippen MR) is 96.5 cm³/mol. The normalized spacial score (nSPS) is 20.2. The molecular formula is C16H22N4O3S2. The predicted octanol–water partition coefficient (Wildman–Crippen LogP) is 2.09. The van der Waals surface area contributed by atoms with E-state index in [0.717, 1.165) is 10.6 Å². The van der Waals surface area contributed by atoms with Gasteiger partial charge in [-0.05, 0) is 6.92 Å². The van der Waals surface area contributed by atoms with Crippen molar-refractivity contribution >= 4 is 27.1 Å². The number of rotatable bonds is 4. The van der Waals surface area contributed by atoms with Crippen LogP contribution in [0.1, 0.15) is 53.8 Å². The molecule has 25 heavy (non-hydrogen) atoms. The molecule has 0 aliphatic carbocycles. The van der Waals surface area contributed by atoms with Gasteiger partial charge in [-0.15, -0.1) is 11.3 Å². The van der Waals surface area contributed by atoms with E-state index >= 15 is 0 Å². The van der Waals surface area contributed by atoms with Crippen LogP contribution in [0.5, 0.6) is 0 Å². The number of amides is 1. The van der Waals surface area contributed by atoms with E-state index in [1.54, 1.807) is 21.2 Å². The molecule has 7 nitrogen and oxygen atoms in total. The zero-order valence-electron chi connectivity index (χ0n) is 14.5. The van der Waals surface area contributed by atoms with Gasteiger partial charge in [-0.25, -0.2) is 13.4 Å². The Morgan fingerprint density at radius 1 is 1.44 bits per heavy atom. The number of hydrogen-bond donors (Lipinski definition) is 0. The van der Waals surface area contributed by atoms with Crippen molar-refractivity contribution in [2.45, 2.75) is 39.3 Å². The molecular weight excluding hydrogens is 360 g/mol. The molecule has 0 radical (unpaired) electrons. The first-order valence-corrected chi connectivity index (χ1v) is 11.0. The first-order chi connectivity index (χ1) is 11.8. The number of hydrogen-bond acceptors (Lipinski definition) is 6. The minimum absolute atomic E-state index is 0.0155. The number of carbonyl (C=O) groups is 1. The molecule has 0 unspecified atom stereocenters. The minimum Gasteiger partial charge on any atom is -0.328 e. The number of carbonyl (C=O) groups excluding carboxylic acids is 1. The van der Waals surface area contributed by atoms with Crippen molar-refractivity contribution < 1.29 is 13.2 Å². The second-order valence-electron chi connectivity index (χ2n) is 6.48. The summed E-state index contributed by atoms with van der Waals surface area (Å²) in [4.78, 5) is 19.0. The molecule has 1 atom stereocenters. The first-order valence-electron chi connectivity index (χ1n) is 8.30. The average Bonchev–Trinajstić information content (AvgIpc) is 3.23. The maximum absolute atomic E-state index is 13.0. The van der Waals surface area contributed by atoms with E-state index in [0.29, 0.717) is 12.2 Å². The molecule has 0 saturated carbocycles. The van der Waals surface area contributed by atoms with Crippen LogP contribution in [0.2, 0.25) is 0 Å². The lowest BCUT2D eigenvalue weighted by Crippen LogP contribution is -2.46. The number of thiazole rings is 1. The topological polar surface area (TPSA) is 85.2 Å². The quantitative estimate of drug-likeness (QED) is 0.808. The third-order valence-corrected chi connectivity index (χ3v) is 7.06. The molecule has 3 rings (SSSR count). The highest BCUT2D eigenvalue weighted by Crippen LogP contribution is 2.29. The first kappa shape index (κ1) is 18.1. The van der Waals surface area contributed by atoms with Crippen LogP contribution in [-0.4, -0.2) is 52.0 Å². The standard InChI is InChI=1S/C16H22N4O3S2/c1-4-19-8-12(7-17-19)14-10-25(22,23)6-5-20(14)16(21)13-9-24-15(18-13)11(2)3/h7-9,11,14H,4-6,10H2,1-3H3/t14-/m0/s1. The zero-order chi connectivity index (χ0) is 18.2. The summed E-state index contributed by atoms with van der Waals surface area (Å²) < 4.78 is 26.0. The van der Waals surface area contributed by atoms with Crippen LogP contribution in [-0.2, 0) is 16.4 Å². The third kappa shape index (κ3) is 3.77. The lowest BCUT2D eigenvalue weighted by atomic mass is 10.1. The Balaban J connectivity index is 1.92. The Hall–Kier alpha value is -1.74. The zero-order valence-corrected chi connectivity index (χ0v) is 16.2. The molecule has 2 aromatic heterocycles. The molecule has 1 aliphatic heterocycles. The third-order valence-electron chi connectivity index (χ3n) is 4.29. The van der Waals surface area contributed by atoms with Crippen molar-refractivity contribution in [1.82, 2.24) is 19.7 Å². The Morgan fingerprint density at radius 3 is 2.80 bits per heavy atom. The van der Waals surface area contributed by atoms with E-state index in [9.17, 15) is 13.2 Å². The van der Waals surface area contributed by atoms with Crippen LogP contribution < -0.4 is 0 Å². The van der Waals surface area contributed by atoms with Crippen molar-refractivity contribution in [2.24, 2.45) is 0 Å². The second kappa shape index (κ2) is 6.87.